The van der Waals surface area contributed by atoms with Gasteiger partial charge in [-0.25, -0.2) is 4.98 Å². The van der Waals surface area contributed by atoms with E-state index in [1.165, 1.54) is 20.2 Å². The Hall–Kier alpha value is -2.71. The minimum Gasteiger partial charge on any atom is -0.351 e. The largest absolute Gasteiger partial charge is 0.351 e. The van der Waals surface area contributed by atoms with Gasteiger partial charge in [-0.3, -0.25) is 19.2 Å². The molecule has 0 bridgehead atoms. The van der Waals surface area contributed by atoms with Crippen molar-refractivity contribution in [3.8, 4) is 0 Å². The van der Waals surface area contributed by atoms with Crippen molar-refractivity contribution in [2.24, 2.45) is 11.8 Å². The van der Waals surface area contributed by atoms with E-state index in [9.17, 15) is 19.2 Å². The van der Waals surface area contributed by atoms with Gasteiger partial charge in [0.25, 0.3) is 0 Å². The van der Waals surface area contributed by atoms with Crippen molar-refractivity contribution in [2.45, 2.75) is 52.6 Å². The number of carbonyl (C=O) groups is 4. The van der Waals surface area contributed by atoms with Crippen molar-refractivity contribution >= 4 is 23.5 Å². The lowest BCUT2D eigenvalue weighted by Gasteiger charge is -2.24. The lowest BCUT2D eigenvalue weighted by Crippen LogP contribution is -2.49. The highest BCUT2D eigenvalue weighted by Crippen LogP contribution is 2.19. The third kappa shape index (κ3) is 5.64. The van der Waals surface area contributed by atoms with Crippen LogP contribution in [0, 0.1) is 11.8 Å². The molecule has 1 unspecified atom stereocenters. The molecule has 9 nitrogen and oxygen atoms in total. The maximum Gasteiger partial charge on any atom is 0.245 e. The van der Waals surface area contributed by atoms with E-state index in [1.54, 1.807) is 11.1 Å². The molecule has 1 aliphatic rings. The number of aromatic amines is 1. The molecule has 3 N–H and O–H groups in total. The van der Waals surface area contributed by atoms with E-state index in [1.807, 2.05) is 13.8 Å². The van der Waals surface area contributed by atoms with Crippen molar-refractivity contribution in [1.29, 1.82) is 0 Å². The molecule has 9 heteroatoms. The number of nitrogens with one attached hydrogen (secondary N) is 3. The summed E-state index contributed by atoms with van der Waals surface area (Å²) in [5.74, 6) is -1.21. The Kier molecular flexibility index (Phi) is 7.31. The first-order chi connectivity index (χ1) is 13.2. The average Bonchev–Trinajstić information content (AvgIpc) is 3.29. The van der Waals surface area contributed by atoms with Gasteiger partial charge in [0, 0.05) is 32.6 Å². The maximum absolute atomic E-state index is 12.9. The molecule has 1 fully saturated rings. The second kappa shape index (κ2) is 9.48. The molecular weight excluding hydrogens is 362 g/mol. The Morgan fingerprint density at radius 1 is 1.25 bits per heavy atom. The highest BCUT2D eigenvalue weighted by molar-refractivity contribution is 5.90. The van der Waals surface area contributed by atoms with Gasteiger partial charge in [0.1, 0.15) is 6.04 Å². The zero-order valence-electron chi connectivity index (χ0n) is 16.8. The summed E-state index contributed by atoms with van der Waals surface area (Å²) in [5.41, 5.74) is 0.668. The van der Waals surface area contributed by atoms with E-state index in [0.717, 1.165) is 0 Å². The predicted octanol–water partition coefficient (Wildman–Crippen LogP) is 0.0352. The van der Waals surface area contributed by atoms with Gasteiger partial charge in [0.05, 0.1) is 24.0 Å². The van der Waals surface area contributed by atoms with Crippen LogP contribution in [0.4, 0.5) is 0 Å². The Labute approximate surface area is 164 Å². The molecule has 28 heavy (non-hydrogen) atoms. The molecule has 3 amide bonds. The van der Waals surface area contributed by atoms with Crippen LogP contribution in [0.15, 0.2) is 12.5 Å². The zero-order chi connectivity index (χ0) is 20.8. The third-order valence-electron chi connectivity index (χ3n) is 4.92. The average molecular weight is 391 g/mol. The number of rotatable bonds is 8. The quantitative estimate of drug-likeness (QED) is 0.577. The van der Waals surface area contributed by atoms with Crippen LogP contribution in [0.25, 0.3) is 0 Å². The van der Waals surface area contributed by atoms with E-state index < -0.39 is 12.1 Å². The second-order valence-corrected chi connectivity index (χ2v) is 7.63. The fraction of sp³-hybridized carbons (Fsp3) is 0.632. The first-order valence-electron chi connectivity index (χ1n) is 9.53. The maximum atomic E-state index is 12.9. The number of H-pyrrole nitrogens is 1. The monoisotopic (exact) mass is 391 g/mol. The van der Waals surface area contributed by atoms with Gasteiger partial charge in [-0.1, -0.05) is 13.8 Å². The number of imidazole rings is 1. The first-order valence-corrected chi connectivity index (χ1v) is 9.53. The molecule has 0 spiro atoms. The van der Waals surface area contributed by atoms with Gasteiger partial charge >= 0.3 is 0 Å². The number of hydrogen-bond donors (Lipinski definition) is 3. The number of hydrogen-bond acceptors (Lipinski definition) is 5. The van der Waals surface area contributed by atoms with Crippen molar-refractivity contribution in [1.82, 2.24) is 25.5 Å². The predicted molar refractivity (Wildman–Crippen MR) is 102 cm³/mol. The molecule has 3 atom stereocenters. The highest BCUT2D eigenvalue weighted by Gasteiger charge is 2.36. The number of likely N-dealkylation sites (tertiary alicyclic amines) is 1. The van der Waals surface area contributed by atoms with Gasteiger partial charge in [-0.2, -0.15) is 0 Å². The standard InChI is InChI=1S/C19H29N5O4/c1-11(2)17(12(3)25)23-18(27)14-5-6-24(9-14)19(28)16(22-13(4)26)7-15-8-20-10-21-15/h8,10-11,14,16-17H,5-7,9H2,1-4H3,(H,20,21)(H,22,26)(H,23,27)/t14?,16-,17-/m0/s1. The van der Waals surface area contributed by atoms with Gasteiger partial charge in [-0.15, -0.1) is 0 Å². The normalized spacial score (nSPS) is 18.6. The number of amides is 3. The Morgan fingerprint density at radius 2 is 1.96 bits per heavy atom. The van der Waals surface area contributed by atoms with Crippen LogP contribution >= 0.6 is 0 Å². The van der Waals surface area contributed by atoms with Crippen LogP contribution in [-0.4, -0.2) is 63.5 Å². The van der Waals surface area contributed by atoms with E-state index in [-0.39, 0.29) is 48.3 Å². The molecule has 2 rings (SSSR count). The molecule has 0 aliphatic carbocycles. The van der Waals surface area contributed by atoms with E-state index in [2.05, 4.69) is 20.6 Å². The van der Waals surface area contributed by atoms with Crippen LogP contribution in [0.3, 0.4) is 0 Å². The minimum atomic E-state index is -0.733. The lowest BCUT2D eigenvalue weighted by atomic mass is 9.99. The van der Waals surface area contributed by atoms with Crippen molar-refractivity contribution < 1.29 is 19.2 Å². The highest BCUT2D eigenvalue weighted by atomic mass is 16.2. The molecule has 1 aromatic heterocycles. The molecule has 1 saturated heterocycles. The van der Waals surface area contributed by atoms with Crippen LogP contribution in [0.1, 0.15) is 39.8 Å². The van der Waals surface area contributed by atoms with E-state index in [4.69, 9.17) is 0 Å². The molecule has 0 aromatic carbocycles. The molecule has 0 radical (unpaired) electrons. The van der Waals surface area contributed by atoms with Crippen molar-refractivity contribution in [3.05, 3.63) is 18.2 Å². The third-order valence-corrected chi connectivity index (χ3v) is 4.92. The van der Waals surface area contributed by atoms with Gasteiger partial charge in [0.2, 0.25) is 17.7 Å². The number of Topliss-reactive ketones (excluding diaryl/α,β-unsaturated/α-hetero) is 1. The van der Waals surface area contributed by atoms with Crippen LogP contribution < -0.4 is 10.6 Å². The lowest BCUT2D eigenvalue weighted by molar-refractivity contribution is -0.136. The van der Waals surface area contributed by atoms with Crippen molar-refractivity contribution in [2.75, 3.05) is 13.1 Å². The number of carbonyl (C=O) groups excluding carboxylic acids is 4. The first kappa shape index (κ1) is 21.6. The summed E-state index contributed by atoms with van der Waals surface area (Å²) >= 11 is 0. The van der Waals surface area contributed by atoms with Gasteiger partial charge in [-0.05, 0) is 19.3 Å². The van der Waals surface area contributed by atoms with E-state index in [0.29, 0.717) is 18.7 Å². The zero-order valence-corrected chi connectivity index (χ0v) is 16.8. The van der Waals surface area contributed by atoms with E-state index >= 15 is 0 Å². The Balaban J connectivity index is 1.99. The smallest absolute Gasteiger partial charge is 0.245 e. The fourth-order valence-electron chi connectivity index (χ4n) is 3.46. The summed E-state index contributed by atoms with van der Waals surface area (Å²) in [6.45, 7) is 7.28. The second-order valence-electron chi connectivity index (χ2n) is 7.63. The van der Waals surface area contributed by atoms with Crippen LogP contribution in [0.2, 0.25) is 0 Å². The minimum absolute atomic E-state index is 0.00131. The molecule has 0 saturated carbocycles. The number of ketones is 1. The fourth-order valence-corrected chi connectivity index (χ4v) is 3.46. The summed E-state index contributed by atoms with van der Waals surface area (Å²) in [7, 11) is 0. The topological polar surface area (TPSA) is 124 Å². The number of nitrogens with zero attached hydrogens (tertiary/aromatic N) is 2. The SMILES string of the molecule is CC(=O)N[C@@H](Cc1c[nH]cn1)C(=O)N1CCC(C(=O)N[C@H](C(C)=O)C(C)C)C1. The summed E-state index contributed by atoms with van der Waals surface area (Å²) < 4.78 is 0. The summed E-state index contributed by atoms with van der Waals surface area (Å²) in [5, 5.41) is 5.48. The summed E-state index contributed by atoms with van der Waals surface area (Å²) in [4.78, 5) is 57.2. The van der Waals surface area contributed by atoms with Gasteiger partial charge < -0.3 is 20.5 Å². The Morgan fingerprint density at radius 3 is 2.50 bits per heavy atom. The number of aromatic nitrogens is 2. The van der Waals surface area contributed by atoms with Crippen LogP contribution in [0.5, 0.6) is 0 Å². The molecule has 1 aromatic rings. The summed E-state index contributed by atoms with van der Waals surface area (Å²) in [6, 6.07) is -1.26. The van der Waals surface area contributed by atoms with Gasteiger partial charge in [0.15, 0.2) is 5.78 Å². The summed E-state index contributed by atoms with van der Waals surface area (Å²) in [6.07, 6.45) is 3.99. The van der Waals surface area contributed by atoms with Crippen LogP contribution in [-0.2, 0) is 25.6 Å². The molecule has 2 heterocycles. The molecular formula is C19H29N5O4. The van der Waals surface area contributed by atoms with Crippen molar-refractivity contribution in [3.63, 3.8) is 0 Å². The molecule has 154 valence electrons. The Bertz CT molecular complexity index is 716. The molecule has 1 aliphatic heterocycles.